The van der Waals surface area contributed by atoms with E-state index in [0.717, 1.165) is 11.4 Å². The number of carbonyl (C=O) groups is 1. The summed E-state index contributed by atoms with van der Waals surface area (Å²) in [6.07, 6.45) is 1.38. The summed E-state index contributed by atoms with van der Waals surface area (Å²) in [4.78, 5) is 25.0. The number of morpholine rings is 1. The van der Waals surface area contributed by atoms with Gasteiger partial charge in [-0.1, -0.05) is 6.07 Å². The molecule has 0 atom stereocenters. The second-order valence-corrected chi connectivity index (χ2v) is 6.71. The molecule has 0 radical (unpaired) electrons. The number of anilines is 2. The van der Waals surface area contributed by atoms with Crippen LogP contribution in [0.2, 0.25) is 0 Å². The van der Waals surface area contributed by atoms with Crippen LogP contribution in [0.3, 0.4) is 0 Å². The Hall–Kier alpha value is -3.66. The first-order chi connectivity index (χ1) is 15.1. The van der Waals surface area contributed by atoms with Crippen LogP contribution < -0.4 is 20.4 Å². The standard InChI is InChI=1S/C21H25N5O5/c1-2-31-18-6-4-17(5-7-18)22-15-21(27)24-23-14-16-3-8-19(20(13-16)26(28)29)25-9-11-30-12-10-25/h3-8,13-14,22H,2,9-12,15H2,1H3,(H,24,27)/b23-14+. The van der Waals surface area contributed by atoms with Gasteiger partial charge in [0.2, 0.25) is 0 Å². The van der Waals surface area contributed by atoms with Crippen LogP contribution in [0, 0.1) is 10.1 Å². The van der Waals surface area contributed by atoms with Gasteiger partial charge in [0, 0.05) is 30.4 Å². The molecule has 1 saturated heterocycles. The number of nitro benzene ring substituents is 1. The van der Waals surface area contributed by atoms with Crippen LogP contribution in [0.4, 0.5) is 17.1 Å². The average molecular weight is 427 g/mol. The molecular weight excluding hydrogens is 402 g/mol. The van der Waals surface area contributed by atoms with E-state index in [2.05, 4.69) is 15.8 Å². The highest BCUT2D eigenvalue weighted by Gasteiger charge is 2.21. The Morgan fingerprint density at radius 1 is 1.26 bits per heavy atom. The van der Waals surface area contributed by atoms with Gasteiger partial charge in [-0.2, -0.15) is 5.10 Å². The third kappa shape index (κ3) is 6.41. The number of carbonyl (C=O) groups excluding carboxylic acids is 1. The van der Waals surface area contributed by atoms with Crippen molar-refractivity contribution in [2.75, 3.05) is 49.7 Å². The second-order valence-electron chi connectivity index (χ2n) is 6.71. The predicted molar refractivity (Wildman–Crippen MR) is 118 cm³/mol. The number of rotatable bonds is 9. The highest BCUT2D eigenvalue weighted by molar-refractivity contribution is 5.86. The van der Waals surface area contributed by atoms with Crippen LogP contribution in [0.5, 0.6) is 5.75 Å². The third-order valence-corrected chi connectivity index (χ3v) is 4.57. The number of hydrogen-bond acceptors (Lipinski definition) is 8. The van der Waals surface area contributed by atoms with Crippen molar-refractivity contribution in [1.29, 1.82) is 0 Å². The van der Waals surface area contributed by atoms with Gasteiger partial charge in [-0.25, -0.2) is 5.43 Å². The predicted octanol–water partition coefficient (Wildman–Crippen LogP) is 2.39. The summed E-state index contributed by atoms with van der Waals surface area (Å²) in [5, 5.41) is 18.4. The Kier molecular flexibility index (Phi) is 7.77. The van der Waals surface area contributed by atoms with Crippen molar-refractivity contribution in [3.05, 3.63) is 58.1 Å². The zero-order chi connectivity index (χ0) is 22.1. The van der Waals surface area contributed by atoms with Gasteiger partial charge in [0.25, 0.3) is 11.6 Å². The van der Waals surface area contributed by atoms with Gasteiger partial charge in [0.1, 0.15) is 11.4 Å². The zero-order valence-electron chi connectivity index (χ0n) is 17.2. The van der Waals surface area contributed by atoms with Crippen LogP contribution >= 0.6 is 0 Å². The smallest absolute Gasteiger partial charge is 0.293 e. The number of hydrazone groups is 1. The number of nitro groups is 1. The Morgan fingerprint density at radius 2 is 2.00 bits per heavy atom. The molecule has 0 unspecified atom stereocenters. The normalized spacial score (nSPS) is 13.8. The lowest BCUT2D eigenvalue weighted by Gasteiger charge is -2.28. The van der Waals surface area contributed by atoms with Gasteiger partial charge in [-0.15, -0.1) is 0 Å². The SMILES string of the molecule is CCOc1ccc(NCC(=O)N/N=C/c2ccc(N3CCOCC3)c([N+](=O)[O-])c2)cc1. The highest BCUT2D eigenvalue weighted by atomic mass is 16.6. The lowest BCUT2D eigenvalue weighted by Crippen LogP contribution is -2.36. The van der Waals surface area contributed by atoms with Crippen molar-refractivity contribution >= 4 is 29.2 Å². The fourth-order valence-corrected chi connectivity index (χ4v) is 3.08. The molecule has 10 heteroatoms. The molecule has 0 aromatic heterocycles. The van der Waals surface area contributed by atoms with Gasteiger partial charge >= 0.3 is 0 Å². The number of benzene rings is 2. The number of amides is 1. The van der Waals surface area contributed by atoms with E-state index in [1.54, 1.807) is 12.1 Å². The first kappa shape index (κ1) is 22.0. The number of ether oxygens (including phenoxy) is 2. The molecule has 1 amide bonds. The third-order valence-electron chi connectivity index (χ3n) is 4.57. The van der Waals surface area contributed by atoms with E-state index in [-0.39, 0.29) is 18.1 Å². The molecule has 0 spiro atoms. The molecule has 1 aliphatic rings. The fourth-order valence-electron chi connectivity index (χ4n) is 3.08. The van der Waals surface area contributed by atoms with Crippen LogP contribution in [0.15, 0.2) is 47.6 Å². The fraction of sp³-hybridized carbons (Fsp3) is 0.333. The van der Waals surface area contributed by atoms with E-state index in [1.165, 1.54) is 12.3 Å². The largest absolute Gasteiger partial charge is 0.494 e. The second kappa shape index (κ2) is 10.9. The molecular formula is C21H25N5O5. The van der Waals surface area contributed by atoms with E-state index in [0.29, 0.717) is 44.2 Å². The summed E-state index contributed by atoms with van der Waals surface area (Å²) < 4.78 is 10.7. The van der Waals surface area contributed by atoms with Crippen molar-refractivity contribution < 1.29 is 19.2 Å². The molecule has 31 heavy (non-hydrogen) atoms. The summed E-state index contributed by atoms with van der Waals surface area (Å²) in [5.41, 5.74) is 4.24. The minimum atomic E-state index is -0.415. The summed E-state index contributed by atoms with van der Waals surface area (Å²) in [7, 11) is 0. The maximum atomic E-state index is 12.0. The minimum absolute atomic E-state index is 0.00524. The van der Waals surface area contributed by atoms with Crippen LogP contribution in [0.25, 0.3) is 0 Å². The monoisotopic (exact) mass is 427 g/mol. The maximum absolute atomic E-state index is 12.0. The molecule has 0 aliphatic carbocycles. The van der Waals surface area contributed by atoms with Crippen molar-refractivity contribution in [2.24, 2.45) is 5.10 Å². The van der Waals surface area contributed by atoms with E-state index in [9.17, 15) is 14.9 Å². The lowest BCUT2D eigenvalue weighted by atomic mass is 10.1. The molecule has 1 fully saturated rings. The van der Waals surface area contributed by atoms with E-state index in [4.69, 9.17) is 9.47 Å². The summed E-state index contributed by atoms with van der Waals surface area (Å²) in [6, 6.07) is 12.1. The van der Waals surface area contributed by atoms with Crippen molar-refractivity contribution in [1.82, 2.24) is 5.43 Å². The van der Waals surface area contributed by atoms with Gasteiger partial charge in [0.05, 0.1) is 37.5 Å². The number of hydrogen-bond donors (Lipinski definition) is 2. The van der Waals surface area contributed by atoms with Crippen molar-refractivity contribution in [2.45, 2.75) is 6.92 Å². The van der Waals surface area contributed by atoms with Crippen LogP contribution in [0.1, 0.15) is 12.5 Å². The van der Waals surface area contributed by atoms with E-state index < -0.39 is 4.92 Å². The Bertz CT molecular complexity index is 926. The first-order valence-corrected chi connectivity index (χ1v) is 9.96. The lowest BCUT2D eigenvalue weighted by molar-refractivity contribution is -0.384. The van der Waals surface area contributed by atoms with Crippen molar-refractivity contribution in [3.8, 4) is 5.75 Å². The van der Waals surface area contributed by atoms with Gasteiger partial charge < -0.3 is 19.7 Å². The molecule has 1 heterocycles. The molecule has 3 rings (SSSR count). The summed E-state index contributed by atoms with van der Waals surface area (Å²) in [5.74, 6) is 0.417. The highest BCUT2D eigenvalue weighted by Crippen LogP contribution is 2.29. The summed E-state index contributed by atoms with van der Waals surface area (Å²) in [6.45, 7) is 4.81. The Balaban J connectivity index is 1.54. The molecule has 2 aromatic rings. The molecule has 1 aliphatic heterocycles. The van der Waals surface area contributed by atoms with Crippen LogP contribution in [-0.4, -0.2) is 56.5 Å². The average Bonchev–Trinajstić information content (AvgIpc) is 2.79. The molecule has 10 nitrogen and oxygen atoms in total. The number of nitrogens with one attached hydrogen (secondary N) is 2. The molecule has 2 N–H and O–H groups in total. The van der Waals surface area contributed by atoms with E-state index >= 15 is 0 Å². The molecule has 164 valence electrons. The van der Waals surface area contributed by atoms with Gasteiger partial charge in [-0.3, -0.25) is 14.9 Å². The molecule has 0 saturated carbocycles. The quantitative estimate of drug-likeness (QED) is 0.358. The van der Waals surface area contributed by atoms with Gasteiger partial charge in [-0.05, 0) is 37.3 Å². The molecule has 2 aromatic carbocycles. The minimum Gasteiger partial charge on any atom is -0.494 e. The van der Waals surface area contributed by atoms with E-state index in [1.807, 2.05) is 36.1 Å². The Morgan fingerprint density at radius 3 is 2.68 bits per heavy atom. The van der Waals surface area contributed by atoms with Crippen LogP contribution in [-0.2, 0) is 9.53 Å². The first-order valence-electron chi connectivity index (χ1n) is 9.96. The number of nitrogens with zero attached hydrogens (tertiary/aromatic N) is 3. The summed E-state index contributed by atoms with van der Waals surface area (Å²) >= 11 is 0. The zero-order valence-corrected chi connectivity index (χ0v) is 17.2. The topological polar surface area (TPSA) is 118 Å². The van der Waals surface area contributed by atoms with Gasteiger partial charge in [0.15, 0.2) is 0 Å². The maximum Gasteiger partial charge on any atom is 0.293 e. The Labute approximate surface area is 180 Å². The molecule has 0 bridgehead atoms. The van der Waals surface area contributed by atoms with Crippen molar-refractivity contribution in [3.63, 3.8) is 0 Å².